The summed E-state index contributed by atoms with van der Waals surface area (Å²) in [4.78, 5) is 0. The van der Waals surface area contributed by atoms with E-state index < -0.39 is 8.07 Å². The van der Waals surface area contributed by atoms with Gasteiger partial charge in [-0.15, -0.1) is 18.2 Å². The van der Waals surface area contributed by atoms with Crippen molar-refractivity contribution in [2.24, 2.45) is 0 Å². The van der Waals surface area contributed by atoms with Gasteiger partial charge in [-0.2, -0.15) is 0 Å². The summed E-state index contributed by atoms with van der Waals surface area (Å²) in [6.45, 7) is 10.8. The van der Waals surface area contributed by atoms with Crippen molar-refractivity contribution >= 4 is 19.7 Å². The van der Waals surface area contributed by atoms with Crippen molar-refractivity contribution in [1.29, 1.82) is 0 Å². The van der Waals surface area contributed by atoms with Gasteiger partial charge in [-0.25, -0.2) is 0 Å². The van der Waals surface area contributed by atoms with Crippen LogP contribution in [0.2, 0.25) is 19.6 Å². The lowest BCUT2D eigenvalue weighted by atomic mass is 10.2. The maximum Gasteiger partial charge on any atom is 0.0716 e. The maximum absolute atomic E-state index is 9.21. The van der Waals surface area contributed by atoms with E-state index in [1.54, 1.807) is 0 Å². The van der Waals surface area contributed by atoms with Crippen molar-refractivity contribution < 1.29 is 5.11 Å². The minimum Gasteiger partial charge on any atom is -0.392 e. The molecule has 0 spiro atoms. The lowest BCUT2D eigenvalue weighted by Crippen LogP contribution is -2.24. The molecule has 1 nitrogen and oxygen atoms in total. The van der Waals surface area contributed by atoms with E-state index in [1.807, 2.05) is 0 Å². The van der Waals surface area contributed by atoms with Gasteiger partial charge in [0.15, 0.2) is 0 Å². The van der Waals surface area contributed by atoms with Crippen LogP contribution in [0.1, 0.15) is 12.8 Å². The molecular formula is C9H19ClOSi. The fraction of sp³-hybridized carbons (Fsp3) is 0.778. The molecule has 0 aromatic carbocycles. The first-order valence-corrected chi connectivity index (χ1v) is 8.33. The fourth-order valence-electron chi connectivity index (χ4n) is 0.793. The molecule has 0 aromatic heterocycles. The predicted molar refractivity (Wildman–Crippen MR) is 58.4 cm³/mol. The number of halogens is 1. The summed E-state index contributed by atoms with van der Waals surface area (Å²) in [5.41, 5.74) is 0. The van der Waals surface area contributed by atoms with Crippen LogP contribution in [-0.4, -0.2) is 25.2 Å². The maximum atomic E-state index is 9.21. The summed E-state index contributed by atoms with van der Waals surface area (Å²) in [5, 5.41) is 10.5. The highest BCUT2D eigenvalue weighted by Crippen LogP contribution is 2.18. The van der Waals surface area contributed by atoms with Crippen LogP contribution >= 0.6 is 11.6 Å². The molecule has 0 heterocycles. The van der Waals surface area contributed by atoms with Crippen LogP contribution in [0.3, 0.4) is 0 Å². The Kier molecular flexibility index (Phi) is 5.14. The standard InChI is InChI=1S/C9H19ClOSi/c1-8(12(2,3)4)5-6-9(11)7-10/h9,11H,1,5-7H2,2-4H3. The summed E-state index contributed by atoms with van der Waals surface area (Å²) in [7, 11) is -1.19. The molecule has 0 fully saturated rings. The van der Waals surface area contributed by atoms with Crippen molar-refractivity contribution in [2.75, 3.05) is 5.88 Å². The molecule has 1 N–H and O–H groups in total. The second kappa shape index (κ2) is 5.05. The van der Waals surface area contributed by atoms with Crippen molar-refractivity contribution in [3.63, 3.8) is 0 Å². The second-order valence-corrected chi connectivity index (χ2v) is 9.72. The number of hydrogen-bond donors (Lipinski definition) is 1. The van der Waals surface area contributed by atoms with Crippen LogP contribution in [0.5, 0.6) is 0 Å². The van der Waals surface area contributed by atoms with Gasteiger partial charge in [-0.1, -0.05) is 24.8 Å². The molecule has 0 aliphatic heterocycles. The zero-order valence-electron chi connectivity index (χ0n) is 8.23. The Morgan fingerprint density at radius 3 is 2.33 bits per heavy atom. The van der Waals surface area contributed by atoms with Crippen molar-refractivity contribution in [1.82, 2.24) is 0 Å². The molecule has 0 saturated carbocycles. The number of aliphatic hydroxyl groups excluding tert-OH is 1. The highest BCUT2D eigenvalue weighted by molar-refractivity contribution is 6.82. The van der Waals surface area contributed by atoms with Gasteiger partial charge < -0.3 is 5.11 Å². The molecule has 0 aliphatic carbocycles. The fourth-order valence-corrected chi connectivity index (χ4v) is 1.84. The third-order valence-corrected chi connectivity index (χ3v) is 4.75. The van der Waals surface area contributed by atoms with E-state index in [9.17, 15) is 5.11 Å². The first-order valence-electron chi connectivity index (χ1n) is 4.30. The molecule has 0 saturated heterocycles. The average Bonchev–Trinajstić information content (AvgIpc) is 1.97. The van der Waals surface area contributed by atoms with E-state index in [0.29, 0.717) is 5.88 Å². The number of hydrogen-bond acceptors (Lipinski definition) is 1. The van der Waals surface area contributed by atoms with Crippen LogP contribution in [0.4, 0.5) is 0 Å². The Bertz CT molecular complexity index is 151. The zero-order valence-corrected chi connectivity index (χ0v) is 9.99. The molecule has 0 rings (SSSR count). The lowest BCUT2D eigenvalue weighted by molar-refractivity contribution is 0.188. The Labute approximate surface area is 81.4 Å². The normalized spacial score (nSPS) is 14.4. The highest BCUT2D eigenvalue weighted by Gasteiger charge is 2.17. The monoisotopic (exact) mass is 206 g/mol. The third-order valence-electron chi connectivity index (χ3n) is 2.02. The quantitative estimate of drug-likeness (QED) is 0.542. The topological polar surface area (TPSA) is 20.2 Å². The molecule has 0 amide bonds. The Hall–Kier alpha value is 0.207. The van der Waals surface area contributed by atoms with Crippen molar-refractivity contribution in [3.05, 3.63) is 11.8 Å². The van der Waals surface area contributed by atoms with E-state index in [4.69, 9.17) is 11.6 Å². The molecule has 72 valence electrons. The summed E-state index contributed by atoms with van der Waals surface area (Å²) in [6.07, 6.45) is 1.32. The molecule has 12 heavy (non-hydrogen) atoms. The van der Waals surface area contributed by atoms with Gasteiger partial charge in [0, 0.05) is 5.88 Å². The Morgan fingerprint density at radius 1 is 1.50 bits per heavy atom. The van der Waals surface area contributed by atoms with Crippen molar-refractivity contribution in [3.8, 4) is 0 Å². The van der Waals surface area contributed by atoms with Gasteiger partial charge in [-0.3, -0.25) is 0 Å². The summed E-state index contributed by atoms with van der Waals surface area (Å²) in [5.74, 6) is 0.332. The van der Waals surface area contributed by atoms with Gasteiger partial charge in [0.1, 0.15) is 0 Å². The SMILES string of the molecule is C=C(CCC(O)CCl)[Si](C)(C)C. The van der Waals surface area contributed by atoms with Crippen LogP contribution in [0, 0.1) is 0 Å². The largest absolute Gasteiger partial charge is 0.392 e. The van der Waals surface area contributed by atoms with Crippen molar-refractivity contribution in [2.45, 2.75) is 38.6 Å². The molecule has 3 heteroatoms. The molecule has 1 unspecified atom stereocenters. The van der Waals surface area contributed by atoms with Crippen LogP contribution in [0.15, 0.2) is 11.8 Å². The zero-order chi connectivity index (χ0) is 9.78. The summed E-state index contributed by atoms with van der Waals surface area (Å²) >= 11 is 5.48. The third kappa shape index (κ3) is 4.96. The average molecular weight is 207 g/mol. The Balaban J connectivity index is 3.73. The number of allylic oxidation sites excluding steroid dienone is 1. The molecule has 1 atom stereocenters. The van der Waals surface area contributed by atoms with Gasteiger partial charge in [0.25, 0.3) is 0 Å². The lowest BCUT2D eigenvalue weighted by Gasteiger charge is -2.20. The number of rotatable bonds is 5. The van der Waals surface area contributed by atoms with Gasteiger partial charge in [0.05, 0.1) is 14.2 Å². The minimum absolute atomic E-state index is 0.332. The smallest absolute Gasteiger partial charge is 0.0716 e. The number of aliphatic hydroxyl groups is 1. The highest BCUT2D eigenvalue weighted by atomic mass is 35.5. The first-order chi connectivity index (χ1) is 5.38. The van der Waals surface area contributed by atoms with E-state index >= 15 is 0 Å². The predicted octanol–water partition coefficient (Wildman–Crippen LogP) is 2.80. The minimum atomic E-state index is -1.19. The number of alkyl halides is 1. The van der Waals surface area contributed by atoms with E-state index in [-0.39, 0.29) is 6.10 Å². The Morgan fingerprint density at radius 2 is 2.00 bits per heavy atom. The van der Waals surface area contributed by atoms with E-state index in [1.165, 1.54) is 5.20 Å². The van der Waals surface area contributed by atoms with Gasteiger partial charge in [-0.05, 0) is 12.8 Å². The molecule has 0 radical (unpaired) electrons. The van der Waals surface area contributed by atoms with Gasteiger partial charge in [0.2, 0.25) is 0 Å². The molecule has 0 aliphatic rings. The van der Waals surface area contributed by atoms with E-state index in [2.05, 4.69) is 26.2 Å². The van der Waals surface area contributed by atoms with Gasteiger partial charge >= 0.3 is 0 Å². The first kappa shape index (κ1) is 12.2. The summed E-state index contributed by atoms with van der Waals surface area (Å²) in [6, 6.07) is 0. The molecule has 0 aromatic rings. The molecular weight excluding hydrogens is 188 g/mol. The summed E-state index contributed by atoms with van der Waals surface area (Å²) < 4.78 is 0. The van der Waals surface area contributed by atoms with Crippen LogP contribution < -0.4 is 0 Å². The van der Waals surface area contributed by atoms with E-state index in [0.717, 1.165) is 12.8 Å². The molecule has 0 bridgehead atoms. The van der Waals surface area contributed by atoms with Crippen LogP contribution in [-0.2, 0) is 0 Å². The second-order valence-electron chi connectivity index (χ2n) is 4.20. The van der Waals surface area contributed by atoms with Crippen LogP contribution in [0.25, 0.3) is 0 Å².